The van der Waals surface area contributed by atoms with E-state index in [0.29, 0.717) is 0 Å². The van der Waals surface area contributed by atoms with Crippen molar-refractivity contribution in [2.24, 2.45) is 0 Å². The number of ether oxygens (including phenoxy) is 4. The maximum atomic E-state index is 10.5. The van der Waals surface area contributed by atoms with Crippen molar-refractivity contribution >= 4 is 0 Å². The first kappa shape index (κ1) is 17.6. The SMILES string of the molecule is O[C@@H]1[C@H]([C@H]2COC(c3ccccc3)O2)OC(c2ccccc2)OC[C@@H]1O. The van der Waals surface area contributed by atoms with Crippen LogP contribution in [0.25, 0.3) is 0 Å². The Morgan fingerprint density at radius 2 is 1.23 bits per heavy atom. The van der Waals surface area contributed by atoms with Gasteiger partial charge in [-0.2, -0.15) is 0 Å². The van der Waals surface area contributed by atoms with Gasteiger partial charge < -0.3 is 29.2 Å². The molecule has 2 saturated heterocycles. The second-order valence-corrected chi connectivity index (χ2v) is 6.49. The molecule has 0 aliphatic carbocycles. The summed E-state index contributed by atoms with van der Waals surface area (Å²) in [6.07, 6.45) is -4.69. The van der Waals surface area contributed by atoms with E-state index in [-0.39, 0.29) is 13.2 Å². The summed E-state index contributed by atoms with van der Waals surface area (Å²) in [7, 11) is 0. The van der Waals surface area contributed by atoms with Gasteiger partial charge in [0, 0.05) is 11.1 Å². The first-order valence-corrected chi connectivity index (χ1v) is 8.72. The second-order valence-electron chi connectivity index (χ2n) is 6.49. The van der Waals surface area contributed by atoms with Gasteiger partial charge in [0.1, 0.15) is 24.4 Å². The average molecular weight is 358 g/mol. The van der Waals surface area contributed by atoms with Gasteiger partial charge in [-0.3, -0.25) is 0 Å². The van der Waals surface area contributed by atoms with Crippen LogP contribution in [0.3, 0.4) is 0 Å². The molecule has 2 heterocycles. The van der Waals surface area contributed by atoms with Crippen LogP contribution < -0.4 is 0 Å². The number of hydrogen-bond donors (Lipinski definition) is 2. The van der Waals surface area contributed by atoms with E-state index in [4.69, 9.17) is 18.9 Å². The Labute approximate surface area is 151 Å². The first-order valence-electron chi connectivity index (χ1n) is 8.72. The van der Waals surface area contributed by atoms with Crippen LogP contribution in [0.5, 0.6) is 0 Å². The summed E-state index contributed by atoms with van der Waals surface area (Å²) in [5.41, 5.74) is 1.71. The van der Waals surface area contributed by atoms with Gasteiger partial charge in [0.15, 0.2) is 12.6 Å². The highest BCUT2D eigenvalue weighted by atomic mass is 16.7. The molecule has 0 amide bonds. The van der Waals surface area contributed by atoms with Crippen LogP contribution in [-0.4, -0.2) is 47.8 Å². The summed E-state index contributed by atoms with van der Waals surface area (Å²) in [4.78, 5) is 0. The van der Waals surface area contributed by atoms with Gasteiger partial charge in [-0.15, -0.1) is 0 Å². The van der Waals surface area contributed by atoms with Crippen LogP contribution in [0.1, 0.15) is 23.7 Å². The predicted octanol–water partition coefficient (Wildman–Crippen LogP) is 1.94. The van der Waals surface area contributed by atoms with E-state index in [1.807, 2.05) is 60.7 Å². The summed E-state index contributed by atoms with van der Waals surface area (Å²) in [6.45, 7) is 0.239. The van der Waals surface area contributed by atoms with Crippen molar-refractivity contribution in [2.75, 3.05) is 13.2 Å². The molecular weight excluding hydrogens is 336 g/mol. The average Bonchev–Trinajstić information content (AvgIpc) is 3.13. The molecule has 4 rings (SSSR count). The number of aliphatic hydroxyl groups excluding tert-OH is 2. The van der Waals surface area contributed by atoms with Crippen LogP contribution in [0.15, 0.2) is 60.7 Å². The van der Waals surface area contributed by atoms with Crippen LogP contribution in [0, 0.1) is 0 Å². The summed E-state index contributed by atoms with van der Waals surface area (Å²) in [5, 5.41) is 20.7. The molecule has 138 valence electrons. The van der Waals surface area contributed by atoms with Crippen LogP contribution in [-0.2, 0) is 18.9 Å². The molecule has 2 unspecified atom stereocenters. The lowest BCUT2D eigenvalue weighted by Crippen LogP contribution is -2.46. The molecule has 2 fully saturated rings. The van der Waals surface area contributed by atoms with Crippen LogP contribution in [0.4, 0.5) is 0 Å². The van der Waals surface area contributed by atoms with Gasteiger partial charge in [-0.1, -0.05) is 60.7 Å². The highest BCUT2D eigenvalue weighted by molar-refractivity contribution is 5.18. The van der Waals surface area contributed by atoms with Crippen LogP contribution in [0.2, 0.25) is 0 Å². The minimum atomic E-state index is -1.13. The fourth-order valence-corrected chi connectivity index (χ4v) is 3.24. The molecule has 2 aliphatic heterocycles. The molecule has 0 spiro atoms. The Balaban J connectivity index is 1.51. The van der Waals surface area contributed by atoms with Crippen molar-refractivity contribution < 1.29 is 29.2 Å². The molecular formula is C20H22O6. The van der Waals surface area contributed by atoms with E-state index in [1.165, 1.54) is 0 Å². The quantitative estimate of drug-likeness (QED) is 0.873. The van der Waals surface area contributed by atoms with Crippen molar-refractivity contribution in [1.29, 1.82) is 0 Å². The molecule has 2 N–H and O–H groups in total. The van der Waals surface area contributed by atoms with E-state index >= 15 is 0 Å². The topological polar surface area (TPSA) is 77.4 Å². The third-order valence-electron chi connectivity index (χ3n) is 4.65. The van der Waals surface area contributed by atoms with Crippen molar-refractivity contribution in [3.05, 3.63) is 71.8 Å². The summed E-state index contributed by atoms with van der Waals surface area (Å²) >= 11 is 0. The molecule has 6 heteroatoms. The lowest BCUT2D eigenvalue weighted by atomic mass is 10.0. The molecule has 0 bridgehead atoms. The van der Waals surface area contributed by atoms with E-state index in [1.54, 1.807) is 0 Å². The molecule has 6 atom stereocenters. The zero-order chi connectivity index (χ0) is 17.9. The van der Waals surface area contributed by atoms with Gasteiger partial charge in [0.25, 0.3) is 0 Å². The highest BCUT2D eigenvalue weighted by Crippen LogP contribution is 2.34. The Morgan fingerprint density at radius 3 is 1.85 bits per heavy atom. The normalized spacial score (nSPS) is 35.2. The standard InChI is InChI=1S/C20H22O6/c21-15-11-23-20(14-9-5-2-6-10-14)26-18(17(15)22)16-12-24-19(25-16)13-7-3-1-4-8-13/h1-10,15-22H,11-12H2/t15-,16+,17-,18-,19?,20?/m0/s1. The third kappa shape index (κ3) is 3.66. The fourth-order valence-electron chi connectivity index (χ4n) is 3.24. The van der Waals surface area contributed by atoms with Crippen molar-refractivity contribution in [2.45, 2.75) is 37.0 Å². The molecule has 0 saturated carbocycles. The van der Waals surface area contributed by atoms with Gasteiger partial charge in [-0.05, 0) is 0 Å². The molecule has 0 radical (unpaired) electrons. The van der Waals surface area contributed by atoms with Gasteiger partial charge >= 0.3 is 0 Å². The number of rotatable bonds is 3. The molecule has 6 nitrogen and oxygen atoms in total. The number of benzene rings is 2. The fraction of sp³-hybridized carbons (Fsp3) is 0.400. The molecule has 0 aromatic heterocycles. The minimum Gasteiger partial charge on any atom is -0.388 e. The van der Waals surface area contributed by atoms with Crippen molar-refractivity contribution in [3.63, 3.8) is 0 Å². The summed E-state index contributed by atoms with van der Waals surface area (Å²) in [5.74, 6) is 0. The lowest BCUT2D eigenvalue weighted by Gasteiger charge is -2.28. The zero-order valence-corrected chi connectivity index (χ0v) is 14.2. The van der Waals surface area contributed by atoms with Crippen molar-refractivity contribution in [3.8, 4) is 0 Å². The third-order valence-corrected chi connectivity index (χ3v) is 4.65. The second kappa shape index (κ2) is 7.84. The largest absolute Gasteiger partial charge is 0.388 e. The van der Waals surface area contributed by atoms with Gasteiger partial charge in [0.2, 0.25) is 0 Å². The Morgan fingerprint density at radius 1 is 0.692 bits per heavy atom. The van der Waals surface area contributed by atoms with E-state index in [2.05, 4.69) is 0 Å². The minimum absolute atomic E-state index is 0.0209. The Hall–Kier alpha value is -1.80. The Kier molecular flexibility index (Phi) is 5.31. The smallest absolute Gasteiger partial charge is 0.184 e. The van der Waals surface area contributed by atoms with Crippen molar-refractivity contribution in [1.82, 2.24) is 0 Å². The summed E-state index contributed by atoms with van der Waals surface area (Å²) < 4.78 is 23.4. The predicted molar refractivity (Wildman–Crippen MR) is 92.0 cm³/mol. The zero-order valence-electron chi connectivity index (χ0n) is 14.2. The number of hydrogen-bond acceptors (Lipinski definition) is 6. The highest BCUT2D eigenvalue weighted by Gasteiger charge is 2.43. The first-order chi connectivity index (χ1) is 12.7. The summed E-state index contributed by atoms with van der Waals surface area (Å²) in [6, 6.07) is 19.0. The molecule has 2 aromatic rings. The molecule has 2 aromatic carbocycles. The Bertz CT molecular complexity index is 694. The van der Waals surface area contributed by atoms with Crippen LogP contribution >= 0.6 is 0 Å². The van der Waals surface area contributed by atoms with E-state index < -0.39 is 37.0 Å². The lowest BCUT2D eigenvalue weighted by molar-refractivity contribution is -0.200. The van der Waals surface area contributed by atoms with Gasteiger partial charge in [0.05, 0.1) is 13.2 Å². The van der Waals surface area contributed by atoms with E-state index in [0.717, 1.165) is 11.1 Å². The molecule has 26 heavy (non-hydrogen) atoms. The number of aliphatic hydroxyl groups is 2. The monoisotopic (exact) mass is 358 g/mol. The maximum Gasteiger partial charge on any atom is 0.184 e. The molecule has 2 aliphatic rings. The van der Waals surface area contributed by atoms with Gasteiger partial charge in [-0.25, -0.2) is 0 Å². The maximum absolute atomic E-state index is 10.5. The van der Waals surface area contributed by atoms with E-state index in [9.17, 15) is 10.2 Å².